The Morgan fingerprint density at radius 2 is 2.00 bits per heavy atom. The van der Waals surface area contributed by atoms with E-state index in [4.69, 9.17) is 9.84 Å². The Morgan fingerprint density at radius 1 is 1.19 bits per heavy atom. The molecule has 2 aliphatic rings. The summed E-state index contributed by atoms with van der Waals surface area (Å²) in [6, 6.07) is 4.98. The van der Waals surface area contributed by atoms with Gasteiger partial charge in [0.1, 0.15) is 5.82 Å². The van der Waals surface area contributed by atoms with Gasteiger partial charge in [0, 0.05) is 30.3 Å². The van der Waals surface area contributed by atoms with Crippen LogP contribution in [-0.2, 0) is 6.61 Å². The van der Waals surface area contributed by atoms with Crippen LogP contribution in [-0.4, -0.2) is 50.5 Å². The van der Waals surface area contributed by atoms with Crippen LogP contribution in [0.1, 0.15) is 37.8 Å². The van der Waals surface area contributed by atoms with Gasteiger partial charge in [-0.2, -0.15) is 15.1 Å². The summed E-state index contributed by atoms with van der Waals surface area (Å²) in [6.45, 7) is -0.0906. The maximum Gasteiger partial charge on any atom is 0.228 e. The summed E-state index contributed by atoms with van der Waals surface area (Å²) >= 11 is 0. The van der Waals surface area contributed by atoms with E-state index in [1.807, 2.05) is 0 Å². The molecule has 9 nitrogen and oxygen atoms in total. The zero-order valence-corrected chi connectivity index (χ0v) is 14.8. The number of ether oxygens (including phenoxy) is 1. The first-order chi connectivity index (χ1) is 12.7. The first-order valence-electron chi connectivity index (χ1n) is 9.09. The van der Waals surface area contributed by atoms with Gasteiger partial charge < -0.3 is 25.8 Å². The summed E-state index contributed by atoms with van der Waals surface area (Å²) in [6.07, 6.45) is 5.97. The number of nitrogens with one attached hydrogen (secondary N) is 4. The lowest BCUT2D eigenvalue weighted by Gasteiger charge is -2.40. The molecule has 3 atom stereocenters. The highest BCUT2D eigenvalue weighted by atomic mass is 16.5. The molecular formula is C17H25N7O2. The molecule has 5 N–H and O–H groups in total. The van der Waals surface area contributed by atoms with Crippen molar-refractivity contribution in [1.29, 1.82) is 0 Å². The number of fused-ring (bicyclic) bond motifs is 2. The van der Waals surface area contributed by atoms with Gasteiger partial charge in [-0.1, -0.05) is 6.42 Å². The summed E-state index contributed by atoms with van der Waals surface area (Å²) in [5.74, 6) is 2.20. The van der Waals surface area contributed by atoms with Crippen molar-refractivity contribution in [3.8, 4) is 5.88 Å². The molecule has 0 amide bonds. The molecule has 2 aromatic rings. The number of hydrogen-bond donors (Lipinski definition) is 5. The Labute approximate surface area is 152 Å². The van der Waals surface area contributed by atoms with E-state index < -0.39 is 0 Å². The Morgan fingerprint density at radius 3 is 2.69 bits per heavy atom. The van der Waals surface area contributed by atoms with Crippen molar-refractivity contribution < 1.29 is 9.84 Å². The fourth-order valence-corrected chi connectivity index (χ4v) is 3.86. The van der Waals surface area contributed by atoms with Crippen molar-refractivity contribution in [3.63, 3.8) is 0 Å². The van der Waals surface area contributed by atoms with E-state index in [2.05, 4.69) is 36.1 Å². The Kier molecular flexibility index (Phi) is 4.89. The number of H-pyrrole nitrogens is 1. The van der Waals surface area contributed by atoms with Gasteiger partial charge in [0.2, 0.25) is 11.8 Å². The summed E-state index contributed by atoms with van der Waals surface area (Å²) < 4.78 is 5.31. The molecule has 26 heavy (non-hydrogen) atoms. The van der Waals surface area contributed by atoms with Crippen molar-refractivity contribution >= 4 is 17.6 Å². The fraction of sp³-hybridized carbons (Fsp3) is 0.588. The smallest absolute Gasteiger partial charge is 0.228 e. The van der Waals surface area contributed by atoms with Crippen molar-refractivity contribution in [2.75, 3.05) is 17.7 Å². The molecule has 0 spiro atoms. The minimum atomic E-state index is -0.0906. The molecule has 0 aromatic carbocycles. The van der Waals surface area contributed by atoms with Crippen LogP contribution in [0.2, 0.25) is 0 Å². The SMILES string of the molecule is COc1cc(Nc2cc(CO)[nH]n2)nc(NC2C[C@H]3CCC[C@@H](C2)N3)n1. The van der Waals surface area contributed by atoms with Crippen LogP contribution in [0.3, 0.4) is 0 Å². The maximum absolute atomic E-state index is 9.13. The zero-order chi connectivity index (χ0) is 17.9. The standard InChI is InChI=1S/C17H25N7O2/c1-26-16-8-14(20-15-7-13(9-25)23-24-15)21-17(22-16)19-12-5-10-3-2-4-11(6-12)18-10/h7-8,10-12,18,25H,2-6,9H2,1H3,(H3,19,20,21,22,23,24)/t10-,11+,12?. The Bertz CT molecular complexity index is 738. The second-order valence-corrected chi connectivity index (χ2v) is 6.98. The van der Waals surface area contributed by atoms with Crippen LogP contribution in [0.5, 0.6) is 5.88 Å². The van der Waals surface area contributed by atoms with Crippen LogP contribution in [0.15, 0.2) is 12.1 Å². The lowest BCUT2D eigenvalue weighted by atomic mass is 9.84. The first-order valence-corrected chi connectivity index (χ1v) is 9.09. The number of aromatic nitrogens is 4. The van der Waals surface area contributed by atoms with Gasteiger partial charge in [0.05, 0.1) is 19.4 Å². The summed E-state index contributed by atoms with van der Waals surface area (Å²) in [5, 5.41) is 26.3. The summed E-state index contributed by atoms with van der Waals surface area (Å²) in [4.78, 5) is 8.98. The normalized spacial score (nSPS) is 24.9. The third-order valence-electron chi connectivity index (χ3n) is 5.02. The number of aliphatic hydroxyl groups is 1. The summed E-state index contributed by atoms with van der Waals surface area (Å²) in [7, 11) is 1.59. The van der Waals surface area contributed by atoms with Crippen molar-refractivity contribution in [2.45, 2.75) is 56.8 Å². The van der Waals surface area contributed by atoms with Gasteiger partial charge in [0.25, 0.3) is 0 Å². The van der Waals surface area contributed by atoms with E-state index in [1.165, 1.54) is 19.3 Å². The molecule has 2 aromatic heterocycles. The highest BCUT2D eigenvalue weighted by Crippen LogP contribution is 2.28. The molecule has 2 bridgehead atoms. The second kappa shape index (κ2) is 7.46. The average Bonchev–Trinajstić information content (AvgIpc) is 3.08. The van der Waals surface area contributed by atoms with E-state index in [0.29, 0.717) is 47.3 Å². The number of anilines is 3. The number of nitrogens with zero attached hydrogens (tertiary/aromatic N) is 3. The predicted octanol–water partition coefficient (Wildman–Crippen LogP) is 1.53. The Hall–Kier alpha value is -2.39. The lowest BCUT2D eigenvalue weighted by Crippen LogP contribution is -2.52. The molecule has 2 aliphatic heterocycles. The largest absolute Gasteiger partial charge is 0.481 e. The number of methoxy groups -OCH3 is 1. The van der Waals surface area contributed by atoms with E-state index in [-0.39, 0.29) is 6.61 Å². The van der Waals surface area contributed by atoms with Gasteiger partial charge in [-0.3, -0.25) is 5.10 Å². The predicted molar refractivity (Wildman–Crippen MR) is 97.6 cm³/mol. The summed E-state index contributed by atoms with van der Waals surface area (Å²) in [5.41, 5.74) is 0.633. The quantitative estimate of drug-likeness (QED) is 0.527. The zero-order valence-electron chi connectivity index (χ0n) is 14.8. The number of piperidine rings is 2. The molecule has 2 saturated heterocycles. The van der Waals surface area contributed by atoms with Crippen LogP contribution in [0, 0.1) is 0 Å². The third-order valence-corrected chi connectivity index (χ3v) is 5.02. The number of hydrogen-bond acceptors (Lipinski definition) is 8. The van der Waals surface area contributed by atoms with Crippen molar-refractivity contribution in [2.24, 2.45) is 0 Å². The van der Waals surface area contributed by atoms with Gasteiger partial charge in [0.15, 0.2) is 5.82 Å². The van der Waals surface area contributed by atoms with Crippen molar-refractivity contribution in [1.82, 2.24) is 25.5 Å². The molecule has 9 heteroatoms. The van der Waals surface area contributed by atoms with Gasteiger partial charge in [-0.25, -0.2) is 0 Å². The minimum absolute atomic E-state index is 0.0906. The van der Waals surface area contributed by atoms with Crippen molar-refractivity contribution in [3.05, 3.63) is 17.8 Å². The number of rotatable bonds is 6. The van der Waals surface area contributed by atoms with Gasteiger partial charge in [-0.15, -0.1) is 0 Å². The molecule has 2 fully saturated rings. The Balaban J connectivity index is 1.48. The second-order valence-electron chi connectivity index (χ2n) is 6.98. The average molecular weight is 359 g/mol. The lowest BCUT2D eigenvalue weighted by molar-refractivity contribution is 0.230. The topological polar surface area (TPSA) is 120 Å². The highest BCUT2D eigenvalue weighted by Gasteiger charge is 2.31. The first kappa shape index (κ1) is 17.0. The van der Waals surface area contributed by atoms with Crippen LogP contribution < -0.4 is 20.7 Å². The minimum Gasteiger partial charge on any atom is -0.481 e. The molecule has 140 valence electrons. The van der Waals surface area contributed by atoms with E-state index in [0.717, 1.165) is 12.8 Å². The molecular weight excluding hydrogens is 334 g/mol. The highest BCUT2D eigenvalue weighted by molar-refractivity contribution is 5.55. The number of aromatic amines is 1. The monoisotopic (exact) mass is 359 g/mol. The third kappa shape index (κ3) is 3.88. The molecule has 1 unspecified atom stereocenters. The van der Waals surface area contributed by atoms with E-state index >= 15 is 0 Å². The van der Waals surface area contributed by atoms with Crippen LogP contribution in [0.25, 0.3) is 0 Å². The van der Waals surface area contributed by atoms with Gasteiger partial charge in [-0.05, 0) is 25.7 Å². The van der Waals surface area contributed by atoms with Crippen LogP contribution >= 0.6 is 0 Å². The molecule has 0 radical (unpaired) electrons. The maximum atomic E-state index is 9.13. The fourth-order valence-electron chi connectivity index (χ4n) is 3.86. The van der Waals surface area contributed by atoms with Crippen LogP contribution in [0.4, 0.5) is 17.6 Å². The molecule has 0 saturated carbocycles. The molecule has 0 aliphatic carbocycles. The van der Waals surface area contributed by atoms with E-state index in [1.54, 1.807) is 19.2 Å². The number of aliphatic hydroxyl groups excluding tert-OH is 1. The van der Waals surface area contributed by atoms with Gasteiger partial charge >= 0.3 is 0 Å². The molecule has 4 rings (SSSR count). The molecule has 4 heterocycles. The van der Waals surface area contributed by atoms with E-state index in [9.17, 15) is 0 Å².